The van der Waals surface area contributed by atoms with E-state index in [4.69, 9.17) is 5.26 Å². The van der Waals surface area contributed by atoms with Crippen LogP contribution in [-0.4, -0.2) is 6.54 Å². The summed E-state index contributed by atoms with van der Waals surface area (Å²) in [4.78, 5) is 0. The lowest BCUT2D eigenvalue weighted by atomic mass is 10.6. The number of hydrogen-bond donors (Lipinski definition) is 1. The fourth-order valence-electron chi connectivity index (χ4n) is 0.188. The summed E-state index contributed by atoms with van der Waals surface area (Å²) in [7, 11) is 0. The quantitative estimate of drug-likeness (QED) is 0.408. The number of nitrogens with zero attached hydrogens (tertiary/aromatic N) is 1. The molecule has 0 unspecified atom stereocenters. The Morgan fingerprint density at radius 1 is 1.86 bits per heavy atom. The van der Waals surface area contributed by atoms with Crippen LogP contribution in [0, 0.1) is 17.9 Å². The molecule has 0 aromatic rings. The minimum atomic E-state index is 0.353. The van der Waals surface area contributed by atoms with Crippen molar-refractivity contribution >= 4 is 0 Å². The van der Waals surface area contributed by atoms with Crippen LogP contribution in [0.15, 0.2) is 12.7 Å². The van der Waals surface area contributed by atoms with Crippen molar-refractivity contribution in [3.8, 4) is 6.07 Å². The molecule has 0 saturated heterocycles. The van der Waals surface area contributed by atoms with Crippen LogP contribution in [0.1, 0.15) is 0 Å². The maximum Gasteiger partial charge on any atom is 0.0846 e. The maximum absolute atomic E-state index is 7.93. The number of nitrogens with one attached hydrogen (secondary N) is 1. The van der Waals surface area contributed by atoms with E-state index in [0.29, 0.717) is 6.54 Å². The Labute approximate surface area is 43.5 Å². The molecule has 2 nitrogen and oxygen atoms in total. The largest absolute Gasteiger partial charge is 0.296 e. The van der Waals surface area contributed by atoms with Gasteiger partial charge in [-0.25, -0.2) is 0 Å². The van der Waals surface area contributed by atoms with E-state index in [1.54, 1.807) is 12.6 Å². The molecule has 0 aliphatic rings. The van der Waals surface area contributed by atoms with Crippen LogP contribution in [0.3, 0.4) is 0 Å². The Morgan fingerprint density at radius 3 is 3.00 bits per heavy atom. The van der Waals surface area contributed by atoms with Crippen molar-refractivity contribution in [2.75, 3.05) is 6.54 Å². The van der Waals surface area contributed by atoms with E-state index in [1.165, 1.54) is 0 Å². The first-order valence-electron chi connectivity index (χ1n) is 1.96. The predicted octanol–water partition coefficient (Wildman–Crippen LogP) is 0.447. The minimum absolute atomic E-state index is 0.353. The molecule has 0 heterocycles. The van der Waals surface area contributed by atoms with Crippen LogP contribution in [0.25, 0.3) is 0 Å². The molecule has 0 aliphatic heterocycles. The summed E-state index contributed by atoms with van der Waals surface area (Å²) in [5.74, 6) is 0. The smallest absolute Gasteiger partial charge is 0.0846 e. The molecule has 0 spiro atoms. The van der Waals surface area contributed by atoms with E-state index in [1.807, 2.05) is 6.07 Å². The molecule has 0 aliphatic carbocycles. The lowest BCUT2D eigenvalue weighted by Gasteiger charge is -1.85. The SMILES string of the molecule is C=C[CH]NCC#N. The van der Waals surface area contributed by atoms with E-state index < -0.39 is 0 Å². The average Bonchev–Trinajstić information content (AvgIpc) is 1.69. The van der Waals surface area contributed by atoms with Gasteiger partial charge in [0.25, 0.3) is 0 Å². The van der Waals surface area contributed by atoms with Gasteiger partial charge in [-0.15, -0.1) is 6.58 Å². The molecule has 0 atom stereocenters. The summed E-state index contributed by atoms with van der Waals surface area (Å²) >= 11 is 0. The highest BCUT2D eigenvalue weighted by molar-refractivity contribution is 4.87. The summed E-state index contributed by atoms with van der Waals surface area (Å²) < 4.78 is 0. The molecule has 0 rings (SSSR count). The summed E-state index contributed by atoms with van der Waals surface area (Å²) in [6, 6.07) is 1.91. The highest BCUT2D eigenvalue weighted by Crippen LogP contribution is 1.64. The average molecular weight is 95.1 g/mol. The maximum atomic E-state index is 7.93. The second-order valence-corrected chi connectivity index (χ2v) is 0.941. The molecule has 1 radical (unpaired) electrons. The summed E-state index contributed by atoms with van der Waals surface area (Å²) in [6.45, 7) is 5.39. The van der Waals surface area contributed by atoms with E-state index in [-0.39, 0.29) is 0 Å². The number of rotatable bonds is 3. The molecule has 1 N–H and O–H groups in total. The second kappa shape index (κ2) is 5.19. The zero-order valence-corrected chi connectivity index (χ0v) is 4.02. The molecule has 2 heteroatoms. The predicted molar refractivity (Wildman–Crippen MR) is 28.1 cm³/mol. The van der Waals surface area contributed by atoms with E-state index >= 15 is 0 Å². The zero-order chi connectivity index (χ0) is 5.54. The minimum Gasteiger partial charge on any atom is -0.296 e. The van der Waals surface area contributed by atoms with E-state index in [2.05, 4.69) is 11.9 Å². The van der Waals surface area contributed by atoms with Gasteiger partial charge in [-0.3, -0.25) is 5.32 Å². The van der Waals surface area contributed by atoms with Gasteiger partial charge in [0.1, 0.15) is 0 Å². The molecule has 7 heavy (non-hydrogen) atoms. The van der Waals surface area contributed by atoms with Crippen LogP contribution in [0.5, 0.6) is 0 Å². The summed E-state index contributed by atoms with van der Waals surface area (Å²) in [5.41, 5.74) is 0. The third kappa shape index (κ3) is 5.19. The molecule has 0 amide bonds. The van der Waals surface area contributed by atoms with E-state index in [9.17, 15) is 0 Å². The Kier molecular flexibility index (Phi) is 4.59. The molecule has 0 fully saturated rings. The van der Waals surface area contributed by atoms with Gasteiger partial charge in [0.05, 0.1) is 12.6 Å². The molecule has 0 saturated carbocycles. The van der Waals surface area contributed by atoms with Crippen molar-refractivity contribution in [2.24, 2.45) is 0 Å². The topological polar surface area (TPSA) is 35.8 Å². The first kappa shape index (κ1) is 6.19. The zero-order valence-electron chi connectivity index (χ0n) is 4.02. The summed E-state index contributed by atoms with van der Waals surface area (Å²) in [6.07, 6.45) is 1.59. The van der Waals surface area contributed by atoms with Gasteiger partial charge in [0.2, 0.25) is 0 Å². The second-order valence-electron chi connectivity index (χ2n) is 0.941. The van der Waals surface area contributed by atoms with Gasteiger partial charge in [-0.05, 0) is 0 Å². The van der Waals surface area contributed by atoms with Crippen LogP contribution >= 0.6 is 0 Å². The Hall–Kier alpha value is -0.810. The fourth-order valence-corrected chi connectivity index (χ4v) is 0.188. The van der Waals surface area contributed by atoms with Crippen molar-refractivity contribution in [2.45, 2.75) is 0 Å². The van der Waals surface area contributed by atoms with Gasteiger partial charge in [0, 0.05) is 6.54 Å². The van der Waals surface area contributed by atoms with Crippen molar-refractivity contribution in [1.82, 2.24) is 5.32 Å². The van der Waals surface area contributed by atoms with Gasteiger partial charge >= 0.3 is 0 Å². The van der Waals surface area contributed by atoms with Crippen LogP contribution in [0.2, 0.25) is 0 Å². The number of hydrogen-bond acceptors (Lipinski definition) is 2. The third-order valence-electron chi connectivity index (χ3n) is 0.417. The van der Waals surface area contributed by atoms with Crippen molar-refractivity contribution in [3.05, 3.63) is 19.2 Å². The fraction of sp³-hybridized carbons (Fsp3) is 0.200. The molecular formula is C5H7N2. The lowest BCUT2D eigenvalue weighted by molar-refractivity contribution is 0.939. The molecular weight excluding hydrogens is 88.1 g/mol. The Balaban J connectivity index is 2.72. The normalized spacial score (nSPS) is 7.29. The molecule has 0 bridgehead atoms. The standard InChI is InChI=1S/C5H7N2/c1-2-4-7-5-3-6/h2,4,7H,1,5H2. The highest BCUT2D eigenvalue weighted by atomic mass is 14.8. The van der Waals surface area contributed by atoms with Crippen LogP contribution in [-0.2, 0) is 0 Å². The van der Waals surface area contributed by atoms with Crippen molar-refractivity contribution < 1.29 is 0 Å². The Morgan fingerprint density at radius 2 is 2.57 bits per heavy atom. The van der Waals surface area contributed by atoms with Gasteiger partial charge < -0.3 is 0 Å². The van der Waals surface area contributed by atoms with Gasteiger partial charge in [0.15, 0.2) is 0 Å². The number of nitriles is 1. The highest BCUT2D eigenvalue weighted by Gasteiger charge is 1.73. The van der Waals surface area contributed by atoms with Gasteiger partial charge in [-0.1, -0.05) is 6.08 Å². The first-order chi connectivity index (χ1) is 3.41. The van der Waals surface area contributed by atoms with Gasteiger partial charge in [-0.2, -0.15) is 5.26 Å². The molecule has 0 aromatic carbocycles. The molecule has 0 aromatic heterocycles. The summed E-state index contributed by atoms with van der Waals surface area (Å²) in [5, 5.41) is 10.6. The Bertz CT molecular complexity index is 80.6. The molecule has 37 valence electrons. The van der Waals surface area contributed by atoms with E-state index in [0.717, 1.165) is 0 Å². The lowest BCUT2D eigenvalue weighted by Crippen LogP contribution is -2.06. The third-order valence-corrected chi connectivity index (χ3v) is 0.417. The van der Waals surface area contributed by atoms with Crippen molar-refractivity contribution in [3.63, 3.8) is 0 Å². The van der Waals surface area contributed by atoms with Crippen LogP contribution < -0.4 is 5.32 Å². The van der Waals surface area contributed by atoms with Crippen LogP contribution in [0.4, 0.5) is 0 Å². The van der Waals surface area contributed by atoms with Crippen molar-refractivity contribution in [1.29, 1.82) is 5.26 Å². The monoisotopic (exact) mass is 95.1 g/mol. The first-order valence-corrected chi connectivity index (χ1v) is 1.96.